The summed E-state index contributed by atoms with van der Waals surface area (Å²) in [4.78, 5) is 27.2. The Kier molecular flexibility index (Phi) is 6.98. The van der Waals surface area contributed by atoms with E-state index >= 15 is 0 Å². The Bertz CT molecular complexity index is 1360. The van der Waals surface area contributed by atoms with Crippen LogP contribution in [0.4, 0.5) is 0 Å². The first-order chi connectivity index (χ1) is 17.9. The van der Waals surface area contributed by atoms with Gasteiger partial charge < -0.3 is 14.2 Å². The van der Waals surface area contributed by atoms with Gasteiger partial charge in [-0.15, -0.1) is 0 Å². The number of benzene rings is 1. The number of rotatable bonds is 7. The van der Waals surface area contributed by atoms with E-state index in [1.807, 2.05) is 38.1 Å². The molecule has 0 spiro atoms. The number of aromatic nitrogens is 3. The largest absolute Gasteiger partial charge is 0.492 e. The molecule has 5 rings (SSSR count). The highest BCUT2D eigenvalue weighted by atomic mass is 16.5. The van der Waals surface area contributed by atoms with Gasteiger partial charge in [-0.2, -0.15) is 5.26 Å². The molecule has 0 aliphatic carbocycles. The van der Waals surface area contributed by atoms with E-state index in [1.54, 1.807) is 12.3 Å². The van der Waals surface area contributed by atoms with E-state index < -0.39 is 0 Å². The van der Waals surface area contributed by atoms with E-state index in [4.69, 9.17) is 4.74 Å². The molecule has 192 valence electrons. The predicted octanol–water partition coefficient (Wildman–Crippen LogP) is 4.43. The van der Waals surface area contributed by atoms with Gasteiger partial charge in [0.15, 0.2) is 0 Å². The quantitative estimate of drug-likeness (QED) is 0.479. The lowest BCUT2D eigenvalue weighted by atomic mass is 9.87. The zero-order valence-corrected chi connectivity index (χ0v) is 22.1. The standard InChI is InChI=1S/C29H34N6O2/c1-5-37-28-15-26(32-17-22(28)16-30)19(2)35-11-8-23-24(27-7-6-10-33(27)4)13-21(14-25(23)29(35)36)18-34-12-9-31-20(34)3/h9,12-15,17,19,27H,5-8,10-11,18H2,1-4H3/t19?,27-/m0/s1. The molecule has 2 aromatic heterocycles. The van der Waals surface area contributed by atoms with Gasteiger partial charge in [0, 0.05) is 49.4 Å². The minimum absolute atomic E-state index is 0.0315. The molecule has 1 amide bonds. The normalized spacial score (nSPS) is 18.5. The van der Waals surface area contributed by atoms with Crippen molar-refractivity contribution in [3.63, 3.8) is 0 Å². The lowest BCUT2D eigenvalue weighted by molar-refractivity contribution is 0.0667. The van der Waals surface area contributed by atoms with E-state index in [0.29, 0.717) is 37.1 Å². The Morgan fingerprint density at radius 1 is 1.24 bits per heavy atom. The van der Waals surface area contributed by atoms with Crippen LogP contribution in [0.3, 0.4) is 0 Å². The maximum atomic E-state index is 14.0. The Hall–Kier alpha value is -3.70. The van der Waals surface area contributed by atoms with Crippen molar-refractivity contribution >= 4 is 5.91 Å². The average molecular weight is 499 g/mol. The van der Waals surface area contributed by atoms with Gasteiger partial charge in [0.05, 0.1) is 18.3 Å². The molecule has 1 aromatic carbocycles. The Morgan fingerprint density at radius 3 is 2.76 bits per heavy atom. The Balaban J connectivity index is 1.51. The fourth-order valence-corrected chi connectivity index (χ4v) is 5.74. The van der Waals surface area contributed by atoms with Crippen LogP contribution in [0.1, 0.15) is 82.9 Å². The third kappa shape index (κ3) is 4.72. The zero-order valence-electron chi connectivity index (χ0n) is 22.1. The first-order valence-corrected chi connectivity index (χ1v) is 13.1. The van der Waals surface area contributed by atoms with Crippen LogP contribution >= 0.6 is 0 Å². The number of hydrogen-bond donors (Lipinski definition) is 0. The predicted molar refractivity (Wildman–Crippen MR) is 140 cm³/mol. The van der Waals surface area contributed by atoms with Crippen molar-refractivity contribution in [3.8, 4) is 11.8 Å². The number of hydrogen-bond acceptors (Lipinski definition) is 6. The van der Waals surface area contributed by atoms with Crippen LogP contribution in [0.5, 0.6) is 5.75 Å². The molecule has 3 aromatic rings. The van der Waals surface area contributed by atoms with E-state index in [9.17, 15) is 10.1 Å². The molecule has 37 heavy (non-hydrogen) atoms. The van der Waals surface area contributed by atoms with Gasteiger partial charge in [-0.25, -0.2) is 4.98 Å². The number of nitriles is 1. The first kappa shape index (κ1) is 25.0. The number of likely N-dealkylation sites (tertiary alicyclic amines) is 1. The zero-order chi connectivity index (χ0) is 26.1. The maximum Gasteiger partial charge on any atom is 0.254 e. The molecule has 0 bridgehead atoms. The summed E-state index contributed by atoms with van der Waals surface area (Å²) >= 11 is 0. The number of fused-ring (bicyclic) bond motifs is 1. The summed E-state index contributed by atoms with van der Waals surface area (Å²) in [5, 5.41) is 9.40. The summed E-state index contributed by atoms with van der Waals surface area (Å²) in [6.45, 7) is 8.73. The first-order valence-electron chi connectivity index (χ1n) is 13.1. The van der Waals surface area contributed by atoms with Crippen LogP contribution in [0.25, 0.3) is 0 Å². The van der Waals surface area contributed by atoms with Crippen molar-refractivity contribution in [1.82, 2.24) is 24.3 Å². The number of pyridine rings is 1. The number of imidazole rings is 1. The monoisotopic (exact) mass is 498 g/mol. The van der Waals surface area contributed by atoms with E-state index in [2.05, 4.69) is 44.7 Å². The van der Waals surface area contributed by atoms with Crippen molar-refractivity contribution < 1.29 is 9.53 Å². The molecule has 1 unspecified atom stereocenters. The summed E-state index contributed by atoms with van der Waals surface area (Å²) in [5.41, 5.74) is 5.51. The third-order valence-corrected chi connectivity index (χ3v) is 7.80. The summed E-state index contributed by atoms with van der Waals surface area (Å²) in [6.07, 6.45) is 8.43. The van der Waals surface area contributed by atoms with E-state index in [0.717, 1.165) is 42.0 Å². The topological polar surface area (TPSA) is 87.3 Å². The second-order valence-corrected chi connectivity index (χ2v) is 10.0. The summed E-state index contributed by atoms with van der Waals surface area (Å²) in [6, 6.07) is 8.41. The number of amides is 1. The SMILES string of the molecule is CCOc1cc(C(C)N2CCc3c(cc(Cn4ccnc4C)cc3[C@@H]3CCCN3C)C2=O)ncc1C#N. The molecule has 8 heteroatoms. The molecule has 2 atom stereocenters. The van der Waals surface area contributed by atoms with Gasteiger partial charge in [0.2, 0.25) is 0 Å². The highest BCUT2D eigenvalue weighted by Crippen LogP contribution is 2.38. The number of aryl methyl sites for hydroxylation is 1. The summed E-state index contributed by atoms with van der Waals surface area (Å²) < 4.78 is 7.79. The van der Waals surface area contributed by atoms with Crippen LogP contribution in [-0.2, 0) is 13.0 Å². The van der Waals surface area contributed by atoms with Crippen LogP contribution in [0.2, 0.25) is 0 Å². The van der Waals surface area contributed by atoms with E-state index in [1.165, 1.54) is 17.5 Å². The minimum atomic E-state index is -0.246. The molecular formula is C29H34N6O2. The highest BCUT2D eigenvalue weighted by molar-refractivity contribution is 5.97. The highest BCUT2D eigenvalue weighted by Gasteiger charge is 2.34. The molecule has 0 radical (unpaired) electrons. The molecule has 2 aliphatic rings. The Morgan fingerprint density at radius 2 is 2.08 bits per heavy atom. The number of nitrogens with zero attached hydrogens (tertiary/aromatic N) is 6. The second-order valence-electron chi connectivity index (χ2n) is 10.0. The van der Waals surface area contributed by atoms with Crippen molar-refractivity contribution in [2.45, 2.75) is 58.7 Å². The molecule has 8 nitrogen and oxygen atoms in total. The molecule has 4 heterocycles. The van der Waals surface area contributed by atoms with Crippen LogP contribution in [0, 0.1) is 18.3 Å². The number of carbonyl (C=O) groups excluding carboxylic acids is 1. The fraction of sp³-hybridized carbons (Fsp3) is 0.448. The van der Waals surface area contributed by atoms with Gasteiger partial charge in [-0.3, -0.25) is 14.7 Å². The van der Waals surface area contributed by atoms with E-state index in [-0.39, 0.29) is 11.9 Å². The van der Waals surface area contributed by atoms with Crippen LogP contribution in [0.15, 0.2) is 36.8 Å². The van der Waals surface area contributed by atoms with Gasteiger partial charge >= 0.3 is 0 Å². The average Bonchev–Trinajstić information content (AvgIpc) is 3.51. The fourth-order valence-electron chi connectivity index (χ4n) is 5.74. The van der Waals surface area contributed by atoms with Gasteiger partial charge in [-0.1, -0.05) is 6.07 Å². The Labute approximate surface area is 218 Å². The van der Waals surface area contributed by atoms with Crippen molar-refractivity contribution in [2.24, 2.45) is 0 Å². The van der Waals surface area contributed by atoms with Crippen molar-refractivity contribution in [3.05, 3.63) is 76.1 Å². The molecule has 0 saturated carbocycles. The van der Waals surface area contributed by atoms with Gasteiger partial charge in [0.25, 0.3) is 5.91 Å². The minimum Gasteiger partial charge on any atom is -0.492 e. The number of carbonyl (C=O) groups is 1. The smallest absolute Gasteiger partial charge is 0.254 e. The molecule has 2 aliphatic heterocycles. The lowest BCUT2D eigenvalue weighted by Crippen LogP contribution is -2.40. The summed E-state index contributed by atoms with van der Waals surface area (Å²) in [7, 11) is 2.18. The molecule has 1 saturated heterocycles. The van der Waals surface area contributed by atoms with Crippen molar-refractivity contribution in [2.75, 3.05) is 26.7 Å². The van der Waals surface area contributed by atoms with Crippen molar-refractivity contribution in [1.29, 1.82) is 5.26 Å². The number of ether oxygens (including phenoxy) is 1. The van der Waals surface area contributed by atoms with Gasteiger partial charge in [-0.05, 0) is 76.4 Å². The molecular weight excluding hydrogens is 464 g/mol. The second kappa shape index (κ2) is 10.3. The van der Waals surface area contributed by atoms with Crippen LogP contribution in [-0.4, -0.2) is 57.0 Å². The lowest BCUT2D eigenvalue weighted by Gasteiger charge is -2.36. The summed E-state index contributed by atoms with van der Waals surface area (Å²) in [5.74, 6) is 1.50. The molecule has 0 N–H and O–H groups in total. The molecule has 1 fully saturated rings. The third-order valence-electron chi connectivity index (χ3n) is 7.80. The van der Waals surface area contributed by atoms with Gasteiger partial charge in [0.1, 0.15) is 23.2 Å². The maximum absolute atomic E-state index is 14.0. The van der Waals surface area contributed by atoms with Crippen LogP contribution < -0.4 is 4.74 Å².